The van der Waals surface area contributed by atoms with Crippen LogP contribution in [0.15, 0.2) is 85.1 Å². The van der Waals surface area contributed by atoms with Crippen LogP contribution in [0, 0.1) is 17.2 Å². The smallest absolute Gasteiger partial charge is 0.257 e. The molecule has 0 saturated carbocycles. The first-order chi connectivity index (χ1) is 16.7. The lowest BCUT2D eigenvalue weighted by Crippen LogP contribution is -2.45. The van der Waals surface area contributed by atoms with Crippen LogP contribution in [-0.4, -0.2) is 29.0 Å². The van der Waals surface area contributed by atoms with Gasteiger partial charge in [-0.05, 0) is 60.1 Å². The second-order valence-electron chi connectivity index (χ2n) is 9.03. The minimum atomic E-state index is -0.161. The van der Waals surface area contributed by atoms with Gasteiger partial charge < -0.3 is 10.3 Å². The Balaban J connectivity index is 1.31. The molecule has 0 bridgehead atoms. The van der Waals surface area contributed by atoms with Gasteiger partial charge in [-0.3, -0.25) is 4.79 Å². The maximum Gasteiger partial charge on any atom is 0.257 e. The zero-order valence-corrected chi connectivity index (χ0v) is 19.2. The van der Waals surface area contributed by atoms with E-state index in [2.05, 4.69) is 57.8 Å². The summed E-state index contributed by atoms with van der Waals surface area (Å²) in [5, 5.41) is 16.7. The summed E-state index contributed by atoms with van der Waals surface area (Å²) in [5.74, 6) is 0.529. The molecular weight excluding hydrogens is 420 g/mol. The minimum absolute atomic E-state index is 0.161. The van der Waals surface area contributed by atoms with E-state index in [-0.39, 0.29) is 5.91 Å². The van der Waals surface area contributed by atoms with Gasteiger partial charge in [0.2, 0.25) is 0 Å². The molecule has 1 N–H and O–H groups in total. The fourth-order valence-corrected chi connectivity index (χ4v) is 4.91. The standard InChI is InChI=1S/C29H28N4O/c30-19-24-9-6-11-26(18-24)31-29(34)28-21-33(20-25-10-4-5-12-27(25)28)32-15-13-23(14-16-32)17-22-7-2-1-3-8-22/h1-12,18,21,23H,13-17,20H2,(H,31,34). The number of amides is 1. The summed E-state index contributed by atoms with van der Waals surface area (Å²) in [7, 11) is 0. The predicted molar refractivity (Wildman–Crippen MR) is 134 cm³/mol. The van der Waals surface area contributed by atoms with Gasteiger partial charge in [0.1, 0.15) is 0 Å². The van der Waals surface area contributed by atoms with E-state index in [0.717, 1.165) is 50.0 Å². The van der Waals surface area contributed by atoms with Crippen LogP contribution in [0.4, 0.5) is 5.69 Å². The molecule has 0 atom stereocenters. The summed E-state index contributed by atoms with van der Waals surface area (Å²) in [6.07, 6.45) is 5.40. The number of anilines is 1. The van der Waals surface area contributed by atoms with Crippen molar-refractivity contribution in [1.29, 1.82) is 5.26 Å². The molecule has 0 spiro atoms. The molecular formula is C29H28N4O. The van der Waals surface area contributed by atoms with Crippen LogP contribution >= 0.6 is 0 Å². The van der Waals surface area contributed by atoms with Gasteiger partial charge in [-0.1, -0.05) is 60.7 Å². The van der Waals surface area contributed by atoms with Crippen molar-refractivity contribution >= 4 is 17.2 Å². The van der Waals surface area contributed by atoms with Gasteiger partial charge in [0, 0.05) is 25.0 Å². The van der Waals surface area contributed by atoms with Crippen molar-refractivity contribution in [2.24, 2.45) is 5.92 Å². The number of hydrogen-bond donors (Lipinski definition) is 1. The number of hydrogen-bond acceptors (Lipinski definition) is 4. The van der Waals surface area contributed by atoms with E-state index in [9.17, 15) is 4.79 Å². The second kappa shape index (κ2) is 9.94. The molecule has 2 aliphatic rings. The molecule has 170 valence electrons. The maximum atomic E-state index is 13.3. The topological polar surface area (TPSA) is 59.4 Å². The Labute approximate surface area is 200 Å². The van der Waals surface area contributed by atoms with E-state index in [1.807, 2.05) is 30.5 Å². The van der Waals surface area contributed by atoms with Crippen LogP contribution in [0.3, 0.4) is 0 Å². The Morgan fingerprint density at radius 3 is 2.53 bits per heavy atom. The monoisotopic (exact) mass is 448 g/mol. The average molecular weight is 449 g/mol. The largest absolute Gasteiger partial charge is 0.322 e. The van der Waals surface area contributed by atoms with E-state index >= 15 is 0 Å². The first kappa shape index (κ1) is 21.9. The molecule has 0 radical (unpaired) electrons. The van der Waals surface area contributed by atoms with Crippen molar-refractivity contribution in [3.63, 3.8) is 0 Å². The Hall–Kier alpha value is -3.88. The Kier molecular flexibility index (Phi) is 6.42. The molecule has 1 amide bonds. The molecule has 3 aromatic carbocycles. The number of piperidine rings is 1. The molecule has 0 aromatic heterocycles. The van der Waals surface area contributed by atoms with E-state index in [4.69, 9.17) is 5.26 Å². The number of nitriles is 1. The van der Waals surface area contributed by atoms with E-state index < -0.39 is 0 Å². The van der Waals surface area contributed by atoms with Gasteiger partial charge >= 0.3 is 0 Å². The molecule has 5 nitrogen and oxygen atoms in total. The average Bonchev–Trinajstić information content (AvgIpc) is 2.89. The van der Waals surface area contributed by atoms with Crippen molar-refractivity contribution in [3.8, 4) is 6.07 Å². The molecule has 1 saturated heterocycles. The lowest BCUT2D eigenvalue weighted by Gasteiger charge is -2.41. The second-order valence-corrected chi connectivity index (χ2v) is 9.03. The number of benzene rings is 3. The highest BCUT2D eigenvalue weighted by molar-refractivity contribution is 6.25. The van der Waals surface area contributed by atoms with Gasteiger partial charge in [-0.15, -0.1) is 0 Å². The van der Waals surface area contributed by atoms with Crippen LogP contribution < -0.4 is 5.32 Å². The summed E-state index contributed by atoms with van der Waals surface area (Å²) >= 11 is 0. The van der Waals surface area contributed by atoms with Crippen LogP contribution in [-0.2, 0) is 17.8 Å². The molecule has 5 heteroatoms. The molecule has 1 fully saturated rings. The molecule has 3 aromatic rings. The van der Waals surface area contributed by atoms with Gasteiger partial charge in [0.15, 0.2) is 0 Å². The Morgan fingerprint density at radius 2 is 1.74 bits per heavy atom. The van der Waals surface area contributed by atoms with Gasteiger partial charge in [-0.2, -0.15) is 5.26 Å². The molecule has 0 unspecified atom stereocenters. The van der Waals surface area contributed by atoms with Crippen molar-refractivity contribution in [3.05, 3.63) is 107 Å². The number of fused-ring (bicyclic) bond motifs is 1. The summed E-state index contributed by atoms with van der Waals surface area (Å²) in [6.45, 7) is 2.73. The zero-order chi connectivity index (χ0) is 23.3. The lowest BCUT2D eigenvalue weighted by molar-refractivity contribution is -0.111. The SMILES string of the molecule is N#Cc1cccc(NC(=O)C2=CN(N3CCC(Cc4ccccc4)CC3)Cc3ccccc32)c1. The van der Waals surface area contributed by atoms with Crippen LogP contribution in [0.1, 0.15) is 35.1 Å². The highest BCUT2D eigenvalue weighted by Gasteiger charge is 2.28. The Morgan fingerprint density at radius 1 is 0.971 bits per heavy atom. The molecule has 2 heterocycles. The van der Waals surface area contributed by atoms with Gasteiger partial charge in [0.05, 0.1) is 23.8 Å². The van der Waals surface area contributed by atoms with Crippen molar-refractivity contribution in [2.45, 2.75) is 25.8 Å². The van der Waals surface area contributed by atoms with E-state index in [0.29, 0.717) is 22.7 Å². The zero-order valence-electron chi connectivity index (χ0n) is 19.2. The number of hydrazine groups is 1. The van der Waals surface area contributed by atoms with Crippen LogP contribution in [0.5, 0.6) is 0 Å². The fourth-order valence-electron chi connectivity index (χ4n) is 4.91. The third kappa shape index (κ3) is 4.88. The summed E-state index contributed by atoms with van der Waals surface area (Å²) < 4.78 is 0. The molecule has 2 aliphatic heterocycles. The normalized spacial score (nSPS) is 16.3. The number of carbonyl (C=O) groups excluding carboxylic acids is 1. The fraction of sp³-hybridized carbons (Fsp3) is 0.241. The Bertz CT molecular complexity index is 1240. The van der Waals surface area contributed by atoms with E-state index in [1.165, 1.54) is 5.56 Å². The van der Waals surface area contributed by atoms with Gasteiger partial charge in [0.25, 0.3) is 5.91 Å². The molecule has 5 rings (SSSR count). The van der Waals surface area contributed by atoms with Crippen molar-refractivity contribution < 1.29 is 4.79 Å². The van der Waals surface area contributed by atoms with Crippen molar-refractivity contribution in [2.75, 3.05) is 18.4 Å². The first-order valence-corrected chi connectivity index (χ1v) is 11.9. The number of nitrogens with zero attached hydrogens (tertiary/aromatic N) is 3. The quantitative estimate of drug-likeness (QED) is 0.581. The highest BCUT2D eigenvalue weighted by Crippen LogP contribution is 2.31. The molecule has 34 heavy (non-hydrogen) atoms. The maximum absolute atomic E-state index is 13.3. The first-order valence-electron chi connectivity index (χ1n) is 11.9. The van der Waals surface area contributed by atoms with Gasteiger partial charge in [-0.25, -0.2) is 5.01 Å². The molecule has 0 aliphatic carbocycles. The predicted octanol–water partition coefficient (Wildman–Crippen LogP) is 5.22. The minimum Gasteiger partial charge on any atom is -0.322 e. The highest BCUT2D eigenvalue weighted by atomic mass is 16.1. The van der Waals surface area contributed by atoms with E-state index in [1.54, 1.807) is 18.2 Å². The number of nitrogens with one attached hydrogen (secondary N) is 1. The number of carbonyl (C=O) groups is 1. The van der Waals surface area contributed by atoms with Crippen LogP contribution in [0.25, 0.3) is 5.57 Å². The summed E-state index contributed by atoms with van der Waals surface area (Å²) in [4.78, 5) is 13.3. The third-order valence-electron chi connectivity index (χ3n) is 6.73. The third-order valence-corrected chi connectivity index (χ3v) is 6.73. The van der Waals surface area contributed by atoms with Crippen LogP contribution in [0.2, 0.25) is 0 Å². The summed E-state index contributed by atoms with van der Waals surface area (Å²) in [5.41, 5.74) is 5.32. The lowest BCUT2D eigenvalue weighted by atomic mass is 9.90. The summed E-state index contributed by atoms with van der Waals surface area (Å²) in [6, 6.07) is 28.0. The number of rotatable bonds is 5. The van der Waals surface area contributed by atoms with Crippen molar-refractivity contribution in [1.82, 2.24) is 10.0 Å².